The predicted molar refractivity (Wildman–Crippen MR) is 60.0 cm³/mol. The van der Waals surface area contributed by atoms with Gasteiger partial charge in [0.05, 0.1) is 31.5 Å². The summed E-state index contributed by atoms with van der Waals surface area (Å²) in [6.45, 7) is 3.64. The van der Waals surface area contributed by atoms with Crippen molar-refractivity contribution in [3.8, 4) is 0 Å². The molecule has 0 radical (unpaired) electrons. The van der Waals surface area contributed by atoms with E-state index in [0.717, 1.165) is 12.8 Å². The number of hydrogen-bond donors (Lipinski definition) is 4. The van der Waals surface area contributed by atoms with Crippen molar-refractivity contribution < 1.29 is 25.2 Å². The Labute approximate surface area is 96.7 Å². The molecule has 0 aliphatic heterocycles. The maximum Gasteiger partial charge on any atom is 0.0852 e. The lowest BCUT2D eigenvalue weighted by Gasteiger charge is -2.28. The van der Waals surface area contributed by atoms with E-state index in [1.807, 2.05) is 6.92 Å². The lowest BCUT2D eigenvalue weighted by atomic mass is 9.91. The smallest absolute Gasteiger partial charge is 0.0852 e. The van der Waals surface area contributed by atoms with E-state index in [2.05, 4.69) is 0 Å². The molecule has 0 aromatic rings. The van der Waals surface area contributed by atoms with Crippen LogP contribution in [0.3, 0.4) is 0 Å². The minimum atomic E-state index is -1.13. The van der Waals surface area contributed by atoms with E-state index in [9.17, 15) is 15.3 Å². The largest absolute Gasteiger partial charge is 0.394 e. The molecule has 4 atom stereocenters. The number of aliphatic hydroxyl groups is 4. The molecule has 0 amide bonds. The second-order valence-corrected chi connectivity index (χ2v) is 4.06. The minimum absolute atomic E-state index is 0.0621. The Bertz CT molecular complexity index is 162. The van der Waals surface area contributed by atoms with E-state index < -0.39 is 30.8 Å². The molecule has 4 unspecified atom stereocenters. The zero-order valence-corrected chi connectivity index (χ0v) is 10.0. The summed E-state index contributed by atoms with van der Waals surface area (Å²) in [4.78, 5) is 0. The van der Waals surface area contributed by atoms with Crippen molar-refractivity contribution in [3.63, 3.8) is 0 Å². The molecule has 98 valence electrons. The molecule has 0 aliphatic rings. The second kappa shape index (κ2) is 8.90. The van der Waals surface area contributed by atoms with Crippen molar-refractivity contribution in [1.29, 1.82) is 0 Å². The van der Waals surface area contributed by atoms with Gasteiger partial charge in [-0.1, -0.05) is 13.3 Å². The van der Waals surface area contributed by atoms with Crippen LogP contribution in [-0.4, -0.2) is 58.6 Å². The van der Waals surface area contributed by atoms with Gasteiger partial charge in [0, 0.05) is 12.5 Å². The van der Waals surface area contributed by atoms with E-state index in [-0.39, 0.29) is 6.61 Å². The topological polar surface area (TPSA) is 90.2 Å². The molecule has 5 heteroatoms. The quantitative estimate of drug-likeness (QED) is 0.406. The fourth-order valence-corrected chi connectivity index (χ4v) is 1.58. The van der Waals surface area contributed by atoms with Gasteiger partial charge in [-0.15, -0.1) is 0 Å². The van der Waals surface area contributed by atoms with Gasteiger partial charge in [0.1, 0.15) is 0 Å². The summed E-state index contributed by atoms with van der Waals surface area (Å²) in [5.41, 5.74) is 0. The van der Waals surface area contributed by atoms with Gasteiger partial charge in [-0.05, 0) is 13.3 Å². The third-order valence-corrected chi connectivity index (χ3v) is 2.56. The van der Waals surface area contributed by atoms with Crippen LogP contribution in [0.15, 0.2) is 0 Å². The van der Waals surface area contributed by atoms with Gasteiger partial charge >= 0.3 is 0 Å². The Morgan fingerprint density at radius 2 is 1.75 bits per heavy atom. The van der Waals surface area contributed by atoms with Gasteiger partial charge in [0.15, 0.2) is 0 Å². The zero-order chi connectivity index (χ0) is 12.6. The summed E-state index contributed by atoms with van der Waals surface area (Å²) < 4.78 is 5.21. The molecule has 0 saturated heterocycles. The van der Waals surface area contributed by atoms with E-state index in [4.69, 9.17) is 9.84 Å². The minimum Gasteiger partial charge on any atom is -0.394 e. The average molecular weight is 236 g/mol. The molecule has 4 N–H and O–H groups in total. The van der Waals surface area contributed by atoms with Crippen molar-refractivity contribution in [1.82, 2.24) is 0 Å². The first-order valence-electron chi connectivity index (χ1n) is 5.77. The number of hydrogen-bond acceptors (Lipinski definition) is 5. The van der Waals surface area contributed by atoms with Crippen LogP contribution >= 0.6 is 0 Å². The monoisotopic (exact) mass is 236 g/mol. The molecular weight excluding hydrogens is 212 g/mol. The predicted octanol–water partition coefficient (Wildman–Crippen LogP) is -0.486. The first-order chi connectivity index (χ1) is 7.54. The standard InChI is InChI=1S/C11H24O5/c1-3-4-5-16-7-10(15)11(8(2)13)9(14)6-12/h8-15H,3-7H2,1-2H3. The molecule has 0 spiro atoms. The van der Waals surface area contributed by atoms with Crippen molar-refractivity contribution in [2.24, 2.45) is 5.92 Å². The summed E-state index contributed by atoms with van der Waals surface area (Å²) in [7, 11) is 0. The van der Waals surface area contributed by atoms with Crippen LogP contribution in [0.5, 0.6) is 0 Å². The summed E-state index contributed by atoms with van der Waals surface area (Å²) in [6.07, 6.45) is -1.08. The Morgan fingerprint density at radius 1 is 1.12 bits per heavy atom. The fourth-order valence-electron chi connectivity index (χ4n) is 1.58. The van der Waals surface area contributed by atoms with Crippen LogP contribution in [-0.2, 0) is 4.74 Å². The van der Waals surface area contributed by atoms with Gasteiger partial charge in [-0.2, -0.15) is 0 Å². The molecule has 0 heterocycles. The van der Waals surface area contributed by atoms with Crippen LogP contribution in [0.4, 0.5) is 0 Å². The summed E-state index contributed by atoms with van der Waals surface area (Å²) in [5.74, 6) is -0.786. The number of ether oxygens (including phenoxy) is 1. The third-order valence-electron chi connectivity index (χ3n) is 2.56. The summed E-state index contributed by atoms with van der Waals surface area (Å²) in [5, 5.41) is 37.4. The molecule has 16 heavy (non-hydrogen) atoms. The Hall–Kier alpha value is -0.200. The number of aliphatic hydroxyl groups excluding tert-OH is 4. The van der Waals surface area contributed by atoms with Crippen LogP contribution in [0, 0.1) is 5.92 Å². The summed E-state index contributed by atoms with van der Waals surface area (Å²) in [6, 6.07) is 0. The maximum atomic E-state index is 9.72. The van der Waals surface area contributed by atoms with Gasteiger partial charge in [0.2, 0.25) is 0 Å². The van der Waals surface area contributed by atoms with Gasteiger partial charge in [-0.25, -0.2) is 0 Å². The average Bonchev–Trinajstić information content (AvgIpc) is 2.23. The zero-order valence-electron chi connectivity index (χ0n) is 10.0. The van der Waals surface area contributed by atoms with Crippen molar-refractivity contribution in [3.05, 3.63) is 0 Å². The highest BCUT2D eigenvalue weighted by Crippen LogP contribution is 2.15. The summed E-state index contributed by atoms with van der Waals surface area (Å²) >= 11 is 0. The van der Waals surface area contributed by atoms with E-state index >= 15 is 0 Å². The molecule has 0 aliphatic carbocycles. The molecule has 0 rings (SSSR count). The SMILES string of the molecule is CCCCOCC(O)C(C(C)O)C(O)CO. The maximum absolute atomic E-state index is 9.72. The molecule has 0 saturated carbocycles. The molecular formula is C11H24O5. The molecule has 0 aromatic heterocycles. The van der Waals surface area contributed by atoms with E-state index in [1.165, 1.54) is 6.92 Å². The van der Waals surface area contributed by atoms with E-state index in [0.29, 0.717) is 6.61 Å². The van der Waals surface area contributed by atoms with Crippen molar-refractivity contribution >= 4 is 0 Å². The number of rotatable bonds is 9. The molecule has 0 fully saturated rings. The van der Waals surface area contributed by atoms with Gasteiger partial charge in [-0.3, -0.25) is 0 Å². The molecule has 0 aromatic carbocycles. The first-order valence-corrected chi connectivity index (χ1v) is 5.77. The Kier molecular flexibility index (Phi) is 8.78. The highest BCUT2D eigenvalue weighted by molar-refractivity contribution is 4.79. The van der Waals surface area contributed by atoms with Crippen LogP contribution in [0.1, 0.15) is 26.7 Å². The lowest BCUT2D eigenvalue weighted by molar-refractivity contribution is -0.0922. The van der Waals surface area contributed by atoms with Gasteiger partial charge < -0.3 is 25.2 Å². The Morgan fingerprint density at radius 3 is 2.19 bits per heavy atom. The highest BCUT2D eigenvalue weighted by Gasteiger charge is 2.30. The van der Waals surface area contributed by atoms with Crippen LogP contribution < -0.4 is 0 Å². The first kappa shape index (κ1) is 15.8. The van der Waals surface area contributed by atoms with Gasteiger partial charge in [0.25, 0.3) is 0 Å². The highest BCUT2D eigenvalue weighted by atomic mass is 16.5. The van der Waals surface area contributed by atoms with E-state index in [1.54, 1.807) is 0 Å². The van der Waals surface area contributed by atoms with Crippen LogP contribution in [0.2, 0.25) is 0 Å². The van der Waals surface area contributed by atoms with Crippen molar-refractivity contribution in [2.45, 2.75) is 45.0 Å². The number of unbranched alkanes of at least 4 members (excludes halogenated alkanes) is 1. The molecule has 5 nitrogen and oxygen atoms in total. The Balaban J connectivity index is 4.02. The molecule has 0 bridgehead atoms. The third kappa shape index (κ3) is 5.77. The van der Waals surface area contributed by atoms with Crippen molar-refractivity contribution in [2.75, 3.05) is 19.8 Å². The fraction of sp³-hybridized carbons (Fsp3) is 1.00. The normalized spacial score (nSPS) is 19.1. The second-order valence-electron chi connectivity index (χ2n) is 4.06. The lowest BCUT2D eigenvalue weighted by Crippen LogP contribution is -2.43. The van der Waals surface area contributed by atoms with Crippen LogP contribution in [0.25, 0.3) is 0 Å².